The van der Waals surface area contributed by atoms with Crippen molar-refractivity contribution in [2.75, 3.05) is 26.3 Å². The van der Waals surface area contributed by atoms with Crippen LogP contribution in [0.25, 0.3) is 0 Å². The predicted molar refractivity (Wildman–Crippen MR) is 102 cm³/mol. The first-order valence-electron chi connectivity index (χ1n) is 8.84. The number of halogens is 1. The summed E-state index contributed by atoms with van der Waals surface area (Å²) in [7, 11) is 0. The second kappa shape index (κ2) is 9.52. The zero-order chi connectivity index (χ0) is 20.7. The van der Waals surface area contributed by atoms with E-state index in [9.17, 15) is 19.2 Å². The summed E-state index contributed by atoms with van der Waals surface area (Å²) in [5.41, 5.74) is -0.970. The summed E-state index contributed by atoms with van der Waals surface area (Å²) >= 11 is 6.15. The van der Waals surface area contributed by atoms with E-state index >= 15 is 0 Å². The standard InChI is InChI=1S/C18H23ClN4O5/c1-3-28-10-6-9-20-16(26)21-14(24)11-23-15(25)18(2,22-17(23)27)12-7-4-5-8-13(12)19/h4-5,7-8H,3,6,9-11H2,1-2H3,(H,22,27)(H2,20,21,24,26)/t18-/m1/s1. The average Bonchev–Trinajstić information content (AvgIpc) is 2.85. The van der Waals surface area contributed by atoms with Crippen molar-refractivity contribution in [3.05, 3.63) is 34.9 Å². The second-order valence-electron chi connectivity index (χ2n) is 6.28. The quantitative estimate of drug-likeness (QED) is 0.442. The van der Waals surface area contributed by atoms with E-state index in [1.807, 2.05) is 6.92 Å². The summed E-state index contributed by atoms with van der Waals surface area (Å²) in [5, 5.41) is 7.46. The molecule has 1 fully saturated rings. The molecular formula is C18H23ClN4O5. The third kappa shape index (κ3) is 4.99. The van der Waals surface area contributed by atoms with Gasteiger partial charge < -0.3 is 15.4 Å². The normalized spacial score (nSPS) is 18.8. The Morgan fingerprint density at radius 2 is 2.00 bits per heavy atom. The van der Waals surface area contributed by atoms with Gasteiger partial charge in [-0.25, -0.2) is 9.59 Å². The van der Waals surface area contributed by atoms with Gasteiger partial charge in [0.05, 0.1) is 0 Å². The number of urea groups is 2. The molecular weight excluding hydrogens is 388 g/mol. The molecule has 0 bridgehead atoms. The molecule has 1 aliphatic rings. The van der Waals surface area contributed by atoms with Crippen LogP contribution in [0.15, 0.2) is 24.3 Å². The maximum absolute atomic E-state index is 12.8. The highest BCUT2D eigenvalue weighted by Crippen LogP contribution is 2.33. The number of hydrogen-bond acceptors (Lipinski definition) is 5. The van der Waals surface area contributed by atoms with Crippen LogP contribution in [0.2, 0.25) is 5.02 Å². The lowest BCUT2D eigenvalue weighted by molar-refractivity contribution is -0.134. The van der Waals surface area contributed by atoms with Crippen molar-refractivity contribution in [2.45, 2.75) is 25.8 Å². The molecule has 1 heterocycles. The molecule has 0 saturated carbocycles. The van der Waals surface area contributed by atoms with E-state index in [1.54, 1.807) is 24.3 Å². The van der Waals surface area contributed by atoms with Crippen molar-refractivity contribution in [3.8, 4) is 0 Å². The molecule has 0 aromatic heterocycles. The van der Waals surface area contributed by atoms with Gasteiger partial charge in [0.25, 0.3) is 5.91 Å². The Morgan fingerprint density at radius 1 is 1.29 bits per heavy atom. The topological polar surface area (TPSA) is 117 Å². The lowest BCUT2D eigenvalue weighted by Crippen LogP contribution is -2.47. The summed E-state index contributed by atoms with van der Waals surface area (Å²) in [4.78, 5) is 49.5. The van der Waals surface area contributed by atoms with Crippen LogP contribution in [0.1, 0.15) is 25.8 Å². The van der Waals surface area contributed by atoms with E-state index in [1.165, 1.54) is 6.92 Å². The highest BCUT2D eigenvalue weighted by molar-refractivity contribution is 6.32. The number of rotatable bonds is 8. The Balaban J connectivity index is 1.93. The molecule has 152 valence electrons. The van der Waals surface area contributed by atoms with Crippen molar-refractivity contribution >= 4 is 35.5 Å². The van der Waals surface area contributed by atoms with Gasteiger partial charge in [0.2, 0.25) is 5.91 Å². The van der Waals surface area contributed by atoms with E-state index in [-0.39, 0.29) is 0 Å². The molecule has 1 aromatic rings. The predicted octanol–water partition coefficient (Wildman–Crippen LogP) is 1.36. The maximum Gasteiger partial charge on any atom is 0.325 e. The number of hydrogen-bond donors (Lipinski definition) is 3. The minimum Gasteiger partial charge on any atom is -0.382 e. The van der Waals surface area contributed by atoms with Gasteiger partial charge in [-0.1, -0.05) is 29.8 Å². The fourth-order valence-electron chi connectivity index (χ4n) is 2.76. The van der Waals surface area contributed by atoms with Gasteiger partial charge in [0.15, 0.2) is 0 Å². The Hall–Kier alpha value is -2.65. The van der Waals surface area contributed by atoms with Gasteiger partial charge in [-0.2, -0.15) is 0 Å². The van der Waals surface area contributed by atoms with E-state index < -0.39 is 36.0 Å². The van der Waals surface area contributed by atoms with E-state index in [4.69, 9.17) is 16.3 Å². The molecule has 3 N–H and O–H groups in total. The first-order chi connectivity index (χ1) is 13.3. The van der Waals surface area contributed by atoms with Crippen LogP contribution in [-0.2, 0) is 19.9 Å². The monoisotopic (exact) mass is 410 g/mol. The largest absolute Gasteiger partial charge is 0.382 e. The number of carbonyl (C=O) groups excluding carboxylic acids is 4. The van der Waals surface area contributed by atoms with Crippen molar-refractivity contribution < 1.29 is 23.9 Å². The Bertz CT molecular complexity index is 772. The Labute approximate surface area is 167 Å². The third-order valence-electron chi connectivity index (χ3n) is 4.20. The van der Waals surface area contributed by atoms with Crippen LogP contribution >= 0.6 is 11.6 Å². The summed E-state index contributed by atoms with van der Waals surface area (Å²) in [6, 6.07) is 5.18. The molecule has 1 aromatic carbocycles. The second-order valence-corrected chi connectivity index (χ2v) is 6.69. The fourth-order valence-corrected chi connectivity index (χ4v) is 3.09. The van der Waals surface area contributed by atoms with Crippen molar-refractivity contribution in [2.24, 2.45) is 0 Å². The Kier molecular flexibility index (Phi) is 7.36. The number of nitrogens with zero attached hydrogens (tertiary/aromatic N) is 1. The number of ether oxygens (including phenoxy) is 1. The summed E-state index contributed by atoms with van der Waals surface area (Å²) < 4.78 is 5.14. The van der Waals surface area contributed by atoms with Crippen molar-refractivity contribution in [1.82, 2.24) is 20.9 Å². The molecule has 2 rings (SSSR count). The van der Waals surface area contributed by atoms with Crippen LogP contribution in [0.3, 0.4) is 0 Å². The molecule has 0 radical (unpaired) electrons. The van der Waals surface area contributed by atoms with E-state index in [0.29, 0.717) is 36.8 Å². The lowest BCUT2D eigenvalue weighted by atomic mass is 9.92. The van der Waals surface area contributed by atoms with Gasteiger partial charge in [-0.15, -0.1) is 0 Å². The zero-order valence-corrected chi connectivity index (χ0v) is 16.5. The van der Waals surface area contributed by atoms with E-state index in [0.717, 1.165) is 4.90 Å². The highest BCUT2D eigenvalue weighted by atomic mass is 35.5. The molecule has 1 atom stereocenters. The molecule has 0 spiro atoms. The first-order valence-corrected chi connectivity index (χ1v) is 9.22. The smallest absolute Gasteiger partial charge is 0.325 e. The molecule has 0 unspecified atom stereocenters. The van der Waals surface area contributed by atoms with Gasteiger partial charge >= 0.3 is 12.1 Å². The van der Waals surface area contributed by atoms with Crippen LogP contribution in [0, 0.1) is 0 Å². The van der Waals surface area contributed by atoms with Gasteiger partial charge in [-0.05, 0) is 26.3 Å². The number of carbonyl (C=O) groups is 4. The molecule has 0 aliphatic carbocycles. The molecule has 10 heteroatoms. The number of amides is 6. The van der Waals surface area contributed by atoms with Crippen LogP contribution in [-0.4, -0.2) is 55.1 Å². The minimum absolute atomic E-state index is 0.316. The number of benzene rings is 1. The fraction of sp³-hybridized carbons (Fsp3) is 0.444. The van der Waals surface area contributed by atoms with Gasteiger partial charge in [0, 0.05) is 30.3 Å². The lowest BCUT2D eigenvalue weighted by Gasteiger charge is -2.23. The summed E-state index contributed by atoms with van der Waals surface area (Å²) in [6.45, 7) is 4.20. The molecule has 1 saturated heterocycles. The third-order valence-corrected chi connectivity index (χ3v) is 4.53. The Morgan fingerprint density at radius 3 is 2.68 bits per heavy atom. The SMILES string of the molecule is CCOCCCNC(=O)NC(=O)CN1C(=O)N[C@](C)(c2ccccc2Cl)C1=O. The highest BCUT2D eigenvalue weighted by Gasteiger charge is 2.50. The minimum atomic E-state index is -1.39. The number of nitrogens with one attached hydrogen (secondary N) is 3. The molecule has 9 nitrogen and oxygen atoms in total. The average molecular weight is 411 g/mol. The molecule has 1 aliphatic heterocycles. The molecule has 28 heavy (non-hydrogen) atoms. The van der Waals surface area contributed by atoms with Crippen molar-refractivity contribution in [1.29, 1.82) is 0 Å². The summed E-state index contributed by atoms with van der Waals surface area (Å²) in [6.07, 6.45) is 0.596. The van der Waals surface area contributed by atoms with E-state index in [2.05, 4.69) is 16.0 Å². The van der Waals surface area contributed by atoms with Gasteiger partial charge in [-0.3, -0.25) is 19.8 Å². The van der Waals surface area contributed by atoms with Crippen LogP contribution in [0.5, 0.6) is 0 Å². The zero-order valence-electron chi connectivity index (χ0n) is 15.7. The molecule has 6 amide bonds. The number of imide groups is 2. The van der Waals surface area contributed by atoms with Crippen LogP contribution < -0.4 is 16.0 Å². The van der Waals surface area contributed by atoms with Gasteiger partial charge in [0.1, 0.15) is 12.1 Å². The summed E-state index contributed by atoms with van der Waals surface area (Å²) in [5.74, 6) is -1.41. The van der Waals surface area contributed by atoms with Crippen molar-refractivity contribution in [3.63, 3.8) is 0 Å². The maximum atomic E-state index is 12.8. The van der Waals surface area contributed by atoms with Crippen LogP contribution in [0.4, 0.5) is 9.59 Å². The first kappa shape index (κ1) is 21.6.